The molecule has 2 rings (SSSR count). The standard InChI is InChI=1S/C15H20ClN3/c1-2-15(13-5-3-6-14(16)11-13)18-7-4-9-19-10-8-17-12-19/h3,5-6,8,10-12,15,18H,2,4,7,9H2,1H3. The molecule has 0 aliphatic rings. The normalized spacial score (nSPS) is 12.5. The Balaban J connectivity index is 1.79. The fourth-order valence-corrected chi connectivity index (χ4v) is 2.38. The number of imidazole rings is 1. The molecule has 1 N–H and O–H groups in total. The predicted octanol–water partition coefficient (Wildman–Crippen LogP) is 3.67. The van der Waals surface area contributed by atoms with E-state index in [2.05, 4.69) is 27.9 Å². The van der Waals surface area contributed by atoms with Gasteiger partial charge in [0, 0.05) is 30.0 Å². The van der Waals surface area contributed by atoms with E-state index < -0.39 is 0 Å². The van der Waals surface area contributed by atoms with Gasteiger partial charge in [-0.2, -0.15) is 0 Å². The molecule has 0 radical (unpaired) electrons. The maximum Gasteiger partial charge on any atom is 0.0945 e. The van der Waals surface area contributed by atoms with Crippen LogP contribution in [0.5, 0.6) is 0 Å². The topological polar surface area (TPSA) is 29.9 Å². The maximum atomic E-state index is 6.04. The molecule has 19 heavy (non-hydrogen) atoms. The first-order chi connectivity index (χ1) is 9.29. The molecule has 0 aliphatic heterocycles. The zero-order valence-corrected chi connectivity index (χ0v) is 12.0. The highest BCUT2D eigenvalue weighted by atomic mass is 35.5. The van der Waals surface area contributed by atoms with Gasteiger partial charge in [-0.15, -0.1) is 0 Å². The number of hydrogen-bond donors (Lipinski definition) is 1. The number of aromatic nitrogens is 2. The molecule has 0 bridgehead atoms. The van der Waals surface area contributed by atoms with E-state index in [-0.39, 0.29) is 0 Å². The van der Waals surface area contributed by atoms with E-state index in [0.717, 1.165) is 31.0 Å². The number of halogens is 1. The Kier molecular flexibility index (Phi) is 5.43. The average Bonchev–Trinajstić information content (AvgIpc) is 2.92. The molecule has 1 aromatic carbocycles. The molecule has 3 nitrogen and oxygen atoms in total. The van der Waals surface area contributed by atoms with E-state index in [1.54, 1.807) is 0 Å². The van der Waals surface area contributed by atoms with Crippen molar-refractivity contribution in [2.75, 3.05) is 6.54 Å². The lowest BCUT2D eigenvalue weighted by atomic mass is 10.0. The van der Waals surface area contributed by atoms with Crippen LogP contribution >= 0.6 is 11.6 Å². The minimum absolute atomic E-state index is 0.376. The lowest BCUT2D eigenvalue weighted by Gasteiger charge is -2.17. The lowest BCUT2D eigenvalue weighted by Crippen LogP contribution is -2.22. The van der Waals surface area contributed by atoms with Gasteiger partial charge in [0.2, 0.25) is 0 Å². The van der Waals surface area contributed by atoms with Crippen LogP contribution < -0.4 is 5.32 Å². The molecule has 0 saturated carbocycles. The second-order valence-corrected chi connectivity index (χ2v) is 5.06. The smallest absolute Gasteiger partial charge is 0.0945 e. The molecule has 1 unspecified atom stereocenters. The number of aryl methyl sites for hydroxylation is 1. The van der Waals surface area contributed by atoms with Gasteiger partial charge in [0.15, 0.2) is 0 Å². The highest BCUT2D eigenvalue weighted by Crippen LogP contribution is 2.20. The zero-order chi connectivity index (χ0) is 13.5. The van der Waals surface area contributed by atoms with Gasteiger partial charge >= 0.3 is 0 Å². The fourth-order valence-electron chi connectivity index (χ4n) is 2.18. The summed E-state index contributed by atoms with van der Waals surface area (Å²) in [6.45, 7) is 4.18. The number of nitrogens with zero attached hydrogens (tertiary/aromatic N) is 2. The lowest BCUT2D eigenvalue weighted by molar-refractivity contribution is 0.491. The first-order valence-corrected chi connectivity index (χ1v) is 7.12. The highest BCUT2D eigenvalue weighted by Gasteiger charge is 2.08. The molecule has 1 heterocycles. The summed E-state index contributed by atoms with van der Waals surface area (Å²) in [5, 5.41) is 4.38. The molecular weight excluding hydrogens is 258 g/mol. The molecule has 4 heteroatoms. The third kappa shape index (κ3) is 4.37. The second kappa shape index (κ2) is 7.31. The maximum absolute atomic E-state index is 6.04. The van der Waals surface area contributed by atoms with E-state index in [1.165, 1.54) is 5.56 Å². The summed E-state index contributed by atoms with van der Waals surface area (Å²) >= 11 is 6.04. The summed E-state index contributed by atoms with van der Waals surface area (Å²) in [6, 6.07) is 8.47. The van der Waals surface area contributed by atoms with Crippen molar-refractivity contribution in [2.24, 2.45) is 0 Å². The van der Waals surface area contributed by atoms with Crippen LogP contribution in [0, 0.1) is 0 Å². The van der Waals surface area contributed by atoms with Gasteiger partial charge in [-0.1, -0.05) is 30.7 Å². The Hall–Kier alpha value is -1.32. The highest BCUT2D eigenvalue weighted by molar-refractivity contribution is 6.30. The van der Waals surface area contributed by atoms with E-state index >= 15 is 0 Å². The van der Waals surface area contributed by atoms with Crippen molar-refractivity contribution in [3.8, 4) is 0 Å². The summed E-state index contributed by atoms with van der Waals surface area (Å²) in [5.74, 6) is 0. The van der Waals surface area contributed by atoms with Gasteiger partial charge in [0.25, 0.3) is 0 Å². The van der Waals surface area contributed by atoms with Gasteiger partial charge in [-0.25, -0.2) is 4.98 Å². The minimum atomic E-state index is 0.376. The zero-order valence-electron chi connectivity index (χ0n) is 11.2. The summed E-state index contributed by atoms with van der Waals surface area (Å²) in [7, 11) is 0. The van der Waals surface area contributed by atoms with Gasteiger partial charge < -0.3 is 9.88 Å². The number of benzene rings is 1. The molecule has 0 fully saturated rings. The van der Waals surface area contributed by atoms with Gasteiger partial charge in [-0.05, 0) is 37.1 Å². The molecule has 2 aromatic rings. The minimum Gasteiger partial charge on any atom is -0.337 e. The molecule has 0 saturated heterocycles. The van der Waals surface area contributed by atoms with Crippen LogP contribution in [0.25, 0.3) is 0 Å². The molecule has 0 spiro atoms. The van der Waals surface area contributed by atoms with Gasteiger partial charge in [-0.3, -0.25) is 0 Å². The summed E-state index contributed by atoms with van der Waals surface area (Å²) in [4.78, 5) is 4.04. The SMILES string of the molecule is CCC(NCCCn1ccnc1)c1cccc(Cl)c1. The Labute approximate surface area is 119 Å². The van der Waals surface area contributed by atoms with E-state index in [1.807, 2.05) is 36.9 Å². The molecular formula is C15H20ClN3. The predicted molar refractivity (Wildman–Crippen MR) is 79.3 cm³/mol. The van der Waals surface area contributed by atoms with Crippen molar-refractivity contribution in [3.63, 3.8) is 0 Å². The van der Waals surface area contributed by atoms with Crippen LogP contribution in [0.1, 0.15) is 31.4 Å². The van der Waals surface area contributed by atoms with Crippen LogP contribution in [0.3, 0.4) is 0 Å². The van der Waals surface area contributed by atoms with Crippen LogP contribution in [0.2, 0.25) is 5.02 Å². The van der Waals surface area contributed by atoms with Crippen LogP contribution in [0.15, 0.2) is 43.0 Å². The molecule has 1 atom stereocenters. The fraction of sp³-hybridized carbons (Fsp3) is 0.400. The van der Waals surface area contributed by atoms with Crippen molar-refractivity contribution in [3.05, 3.63) is 53.6 Å². The molecule has 1 aromatic heterocycles. The Morgan fingerprint density at radius 3 is 3.00 bits per heavy atom. The third-order valence-electron chi connectivity index (χ3n) is 3.20. The van der Waals surface area contributed by atoms with Gasteiger partial charge in [0.05, 0.1) is 6.33 Å². The van der Waals surface area contributed by atoms with Crippen LogP contribution in [-0.4, -0.2) is 16.1 Å². The Morgan fingerprint density at radius 1 is 1.42 bits per heavy atom. The monoisotopic (exact) mass is 277 g/mol. The van der Waals surface area contributed by atoms with E-state index in [0.29, 0.717) is 6.04 Å². The van der Waals surface area contributed by atoms with Gasteiger partial charge in [0.1, 0.15) is 0 Å². The Morgan fingerprint density at radius 2 is 2.32 bits per heavy atom. The van der Waals surface area contributed by atoms with Crippen molar-refractivity contribution < 1.29 is 0 Å². The van der Waals surface area contributed by atoms with E-state index in [9.17, 15) is 0 Å². The second-order valence-electron chi connectivity index (χ2n) is 4.62. The first-order valence-electron chi connectivity index (χ1n) is 6.74. The van der Waals surface area contributed by atoms with Crippen molar-refractivity contribution >= 4 is 11.6 Å². The van der Waals surface area contributed by atoms with Crippen LogP contribution in [-0.2, 0) is 6.54 Å². The number of rotatable bonds is 7. The quantitative estimate of drug-likeness (QED) is 0.783. The first kappa shape index (κ1) is 14.1. The summed E-state index contributed by atoms with van der Waals surface area (Å²) in [6.07, 6.45) is 7.82. The number of nitrogens with one attached hydrogen (secondary N) is 1. The van der Waals surface area contributed by atoms with Crippen molar-refractivity contribution in [2.45, 2.75) is 32.4 Å². The third-order valence-corrected chi connectivity index (χ3v) is 3.44. The summed E-state index contributed by atoms with van der Waals surface area (Å²) in [5.41, 5.74) is 1.26. The molecule has 0 aliphatic carbocycles. The summed E-state index contributed by atoms with van der Waals surface area (Å²) < 4.78 is 2.10. The number of hydrogen-bond acceptors (Lipinski definition) is 2. The molecule has 102 valence electrons. The van der Waals surface area contributed by atoms with Crippen molar-refractivity contribution in [1.29, 1.82) is 0 Å². The molecule has 0 amide bonds. The van der Waals surface area contributed by atoms with Crippen molar-refractivity contribution in [1.82, 2.24) is 14.9 Å². The average molecular weight is 278 g/mol. The largest absolute Gasteiger partial charge is 0.337 e. The van der Waals surface area contributed by atoms with E-state index in [4.69, 9.17) is 11.6 Å². The Bertz CT molecular complexity index is 482. The van der Waals surface area contributed by atoms with Crippen LogP contribution in [0.4, 0.5) is 0 Å².